The van der Waals surface area contributed by atoms with Crippen molar-refractivity contribution in [1.29, 1.82) is 0 Å². The Kier molecular flexibility index (Phi) is 11.4. The normalized spacial score (nSPS) is 7.30. The van der Waals surface area contributed by atoms with E-state index >= 15 is 0 Å². The molecular formula is C6H11O3Zr. The monoisotopic (exact) mass is 221 g/mol. The van der Waals surface area contributed by atoms with Crippen molar-refractivity contribution in [3.63, 3.8) is 0 Å². The number of rotatable bonds is 2. The van der Waals surface area contributed by atoms with Gasteiger partial charge in [0.15, 0.2) is 0 Å². The summed E-state index contributed by atoms with van der Waals surface area (Å²) in [6.45, 7) is 3.41. The van der Waals surface area contributed by atoms with E-state index in [0.29, 0.717) is 0 Å². The molecule has 10 heavy (non-hydrogen) atoms. The van der Waals surface area contributed by atoms with Crippen molar-refractivity contribution in [2.24, 2.45) is 0 Å². The third-order valence-corrected chi connectivity index (χ3v) is 0.400. The summed E-state index contributed by atoms with van der Waals surface area (Å²) in [5, 5.41) is 7.86. The molecule has 0 aromatic carbocycles. The quantitative estimate of drug-likeness (QED) is 0.710. The molecule has 0 aromatic rings. The molecule has 57 valence electrons. The van der Waals surface area contributed by atoms with Gasteiger partial charge in [-0.15, -0.1) is 0 Å². The Balaban J connectivity index is 0. The van der Waals surface area contributed by atoms with Crippen LogP contribution in [0.25, 0.3) is 0 Å². The van der Waals surface area contributed by atoms with E-state index in [-0.39, 0.29) is 12.2 Å². The van der Waals surface area contributed by atoms with E-state index in [1.165, 1.54) is 11.1 Å². The van der Waals surface area contributed by atoms with Gasteiger partial charge in [-0.3, -0.25) is 9.59 Å². The average Bonchev–Trinajstić information content (AvgIpc) is 1.62. The fourth-order valence-electron chi connectivity index (χ4n) is 0.213. The standard InChI is InChI=1S/C4H6O3.C2H5.Zr/c1-3(5)2-4(6)7;1-2;/h2H2,1H3,(H,6,7);1H2,2H3;. The van der Waals surface area contributed by atoms with Gasteiger partial charge in [-0.1, -0.05) is 0 Å². The molecule has 0 rings (SSSR count). The van der Waals surface area contributed by atoms with Crippen LogP contribution in [0.15, 0.2) is 0 Å². The number of carbonyl (C=O) groups is 2. The van der Waals surface area contributed by atoms with Crippen LogP contribution in [0.3, 0.4) is 0 Å². The van der Waals surface area contributed by atoms with Gasteiger partial charge >= 0.3 is 41.7 Å². The van der Waals surface area contributed by atoms with Crippen molar-refractivity contribution in [3.8, 4) is 0 Å². The van der Waals surface area contributed by atoms with Gasteiger partial charge < -0.3 is 5.11 Å². The van der Waals surface area contributed by atoms with Gasteiger partial charge in [0, 0.05) is 0 Å². The average molecular weight is 222 g/mol. The Morgan fingerprint density at radius 3 is 1.80 bits per heavy atom. The van der Waals surface area contributed by atoms with Crippen molar-refractivity contribution in [3.05, 3.63) is 0 Å². The molecule has 3 nitrogen and oxygen atoms in total. The van der Waals surface area contributed by atoms with Crippen LogP contribution in [-0.2, 0) is 34.3 Å². The van der Waals surface area contributed by atoms with Crippen LogP contribution in [0.2, 0.25) is 4.13 Å². The minimum absolute atomic E-state index is 0.312. The second-order valence-electron chi connectivity index (χ2n) is 1.63. The fraction of sp³-hybridized carbons (Fsp3) is 0.667. The van der Waals surface area contributed by atoms with Gasteiger partial charge in [0.1, 0.15) is 12.2 Å². The van der Waals surface area contributed by atoms with Gasteiger partial charge in [0.2, 0.25) is 0 Å². The molecule has 0 saturated carbocycles. The summed E-state index contributed by atoms with van der Waals surface area (Å²) in [7, 11) is 0. The number of ketones is 1. The number of carboxylic acid groups (broad SMARTS) is 1. The molecule has 0 fully saturated rings. The first-order valence-electron chi connectivity index (χ1n) is 2.90. The first-order valence-corrected chi connectivity index (χ1v) is 4.64. The molecule has 0 spiro atoms. The van der Waals surface area contributed by atoms with E-state index in [1.807, 2.05) is 0 Å². The summed E-state index contributed by atoms with van der Waals surface area (Å²) < 4.78 is 1.34. The number of aliphatic carboxylic acids is 1. The molecule has 0 aromatic heterocycles. The van der Waals surface area contributed by atoms with Crippen LogP contribution in [0.5, 0.6) is 0 Å². The first kappa shape index (κ1) is 12.7. The molecule has 0 aliphatic heterocycles. The Hall–Kier alpha value is 0.0231. The second-order valence-corrected chi connectivity index (χ2v) is 3.36. The second kappa shape index (κ2) is 9.02. The van der Waals surface area contributed by atoms with Crippen LogP contribution in [-0.4, -0.2) is 16.9 Å². The topological polar surface area (TPSA) is 54.4 Å². The van der Waals surface area contributed by atoms with E-state index in [9.17, 15) is 9.59 Å². The molecular weight excluding hydrogens is 211 g/mol. The number of carbonyl (C=O) groups excluding carboxylic acids is 1. The Morgan fingerprint density at radius 1 is 1.50 bits per heavy atom. The van der Waals surface area contributed by atoms with Crippen molar-refractivity contribution in [2.45, 2.75) is 24.4 Å². The molecule has 0 atom stereocenters. The van der Waals surface area contributed by atoms with E-state index in [0.717, 1.165) is 0 Å². The molecule has 0 heterocycles. The van der Waals surface area contributed by atoms with Crippen LogP contribution in [0.1, 0.15) is 20.3 Å². The number of hydrogen-bond acceptors (Lipinski definition) is 2. The van der Waals surface area contributed by atoms with Gasteiger partial charge in [-0.05, 0) is 6.92 Å². The van der Waals surface area contributed by atoms with E-state index in [4.69, 9.17) is 5.11 Å². The summed E-state index contributed by atoms with van der Waals surface area (Å²) in [5.74, 6) is -1.37. The summed E-state index contributed by atoms with van der Waals surface area (Å²) in [4.78, 5) is 19.5. The zero-order valence-electron chi connectivity index (χ0n) is 6.18. The van der Waals surface area contributed by atoms with E-state index < -0.39 is 5.97 Å². The maximum atomic E-state index is 9.87. The van der Waals surface area contributed by atoms with Crippen LogP contribution >= 0.6 is 0 Å². The SMILES string of the molecule is CC(=O)CC(=O)O.C[CH2][Zr]. The third kappa shape index (κ3) is 24.4. The number of Topliss-reactive ketones (excluding diaryl/α,β-unsaturated/α-hetero) is 1. The molecule has 0 aliphatic rings. The number of hydrogen-bond donors (Lipinski definition) is 1. The summed E-state index contributed by atoms with van der Waals surface area (Å²) in [6.07, 6.45) is -0.361. The molecule has 0 unspecified atom stereocenters. The summed E-state index contributed by atoms with van der Waals surface area (Å²) in [5.41, 5.74) is 0. The van der Waals surface area contributed by atoms with Crippen molar-refractivity contribution in [1.82, 2.24) is 0 Å². The molecule has 0 amide bonds. The molecule has 4 heteroatoms. The molecule has 0 aliphatic carbocycles. The molecule has 0 bridgehead atoms. The maximum absolute atomic E-state index is 9.87. The minimum atomic E-state index is -1.06. The van der Waals surface area contributed by atoms with Gasteiger partial charge in [-0.25, -0.2) is 0 Å². The van der Waals surface area contributed by atoms with Crippen LogP contribution in [0.4, 0.5) is 0 Å². The fourth-order valence-corrected chi connectivity index (χ4v) is 0.213. The van der Waals surface area contributed by atoms with Gasteiger partial charge in [0.05, 0.1) is 0 Å². The molecule has 0 saturated heterocycles. The Labute approximate surface area is 75.7 Å². The molecule has 0 radical (unpaired) electrons. The van der Waals surface area contributed by atoms with E-state index in [2.05, 4.69) is 6.92 Å². The summed E-state index contributed by atoms with van der Waals surface area (Å²) >= 11 is 1.64. The van der Waals surface area contributed by atoms with Gasteiger partial charge in [0.25, 0.3) is 0 Å². The summed E-state index contributed by atoms with van der Waals surface area (Å²) in [6, 6.07) is 0. The van der Waals surface area contributed by atoms with Gasteiger partial charge in [-0.2, -0.15) is 0 Å². The Morgan fingerprint density at radius 2 is 1.80 bits per heavy atom. The van der Waals surface area contributed by atoms with E-state index in [1.54, 1.807) is 24.7 Å². The van der Waals surface area contributed by atoms with Crippen molar-refractivity contribution >= 4 is 11.8 Å². The number of carboxylic acids is 1. The zero-order valence-corrected chi connectivity index (χ0v) is 8.64. The zero-order chi connectivity index (χ0) is 8.57. The van der Waals surface area contributed by atoms with Crippen molar-refractivity contribution in [2.75, 3.05) is 0 Å². The predicted octanol–water partition coefficient (Wildman–Crippen LogP) is 1.02. The van der Waals surface area contributed by atoms with Crippen molar-refractivity contribution < 1.29 is 39.4 Å². The van der Waals surface area contributed by atoms with Crippen LogP contribution < -0.4 is 0 Å². The third-order valence-electron chi connectivity index (χ3n) is 0.400. The van der Waals surface area contributed by atoms with Crippen LogP contribution in [0, 0.1) is 0 Å². The Bertz CT molecular complexity index is 99.6. The predicted molar refractivity (Wildman–Crippen MR) is 33.4 cm³/mol. The molecule has 1 N–H and O–H groups in total. The first-order chi connectivity index (χ1) is 4.54.